The van der Waals surface area contributed by atoms with Crippen molar-refractivity contribution in [2.75, 3.05) is 13.2 Å². The lowest BCUT2D eigenvalue weighted by Crippen LogP contribution is -2.31. The molecule has 0 saturated carbocycles. The van der Waals surface area contributed by atoms with E-state index in [2.05, 4.69) is 5.32 Å². The summed E-state index contributed by atoms with van der Waals surface area (Å²) in [4.78, 5) is 46.6. The van der Waals surface area contributed by atoms with Crippen LogP contribution in [-0.4, -0.2) is 35.7 Å². The first-order valence-electron chi connectivity index (χ1n) is 9.01. The molecule has 0 aliphatic carbocycles. The summed E-state index contributed by atoms with van der Waals surface area (Å²) in [5, 5.41) is 13.1. The first-order chi connectivity index (χ1) is 14.0. The molecule has 0 unspecified atom stereocenters. The number of nitro benzene ring substituents is 1. The topological polar surface area (TPSA) is 116 Å². The molecule has 0 fully saturated rings. The van der Waals surface area contributed by atoms with E-state index in [1.807, 2.05) is 27.7 Å². The largest absolute Gasteiger partial charge is 0.456 e. The fourth-order valence-corrected chi connectivity index (χ4v) is 3.01. The number of Topliss-reactive ketones (excluding diaryl/α,β-unsaturated/α-hetero) is 1. The van der Waals surface area contributed by atoms with Crippen LogP contribution in [0.1, 0.15) is 43.0 Å². The number of hydrogen-bond donors (Lipinski definition) is 1. The van der Waals surface area contributed by atoms with Crippen LogP contribution in [0.2, 0.25) is 5.02 Å². The molecule has 1 amide bonds. The van der Waals surface area contributed by atoms with Crippen LogP contribution in [0.5, 0.6) is 0 Å². The maximum absolute atomic E-state index is 12.4. The third kappa shape index (κ3) is 5.21. The lowest BCUT2D eigenvalue weighted by molar-refractivity contribution is -0.384. The Balaban J connectivity index is 1.94. The van der Waals surface area contributed by atoms with E-state index >= 15 is 0 Å². The summed E-state index contributed by atoms with van der Waals surface area (Å²) in [5.41, 5.74) is 3.95. The molecule has 0 saturated heterocycles. The fourth-order valence-electron chi connectivity index (χ4n) is 2.82. The summed E-state index contributed by atoms with van der Waals surface area (Å²) in [6.07, 6.45) is 0. The molecule has 0 bridgehead atoms. The predicted molar refractivity (Wildman–Crippen MR) is 111 cm³/mol. The number of esters is 1. The Bertz CT molecular complexity index is 1050. The highest BCUT2D eigenvalue weighted by Crippen LogP contribution is 2.25. The molecule has 2 aromatic rings. The van der Waals surface area contributed by atoms with Gasteiger partial charge >= 0.3 is 5.97 Å². The molecule has 2 rings (SSSR count). The van der Waals surface area contributed by atoms with Crippen molar-refractivity contribution in [3.05, 3.63) is 72.8 Å². The molecule has 1 N–H and O–H groups in total. The Morgan fingerprint density at radius 2 is 1.73 bits per heavy atom. The quantitative estimate of drug-likeness (QED) is 0.309. The molecule has 0 aromatic heterocycles. The minimum atomic E-state index is -0.807. The van der Waals surface area contributed by atoms with Gasteiger partial charge < -0.3 is 10.1 Å². The summed E-state index contributed by atoms with van der Waals surface area (Å²) in [6, 6.07) is 5.30. The Hall–Kier alpha value is -3.26. The molecule has 0 aliphatic rings. The smallest absolute Gasteiger partial charge is 0.325 e. The van der Waals surface area contributed by atoms with Crippen LogP contribution < -0.4 is 5.32 Å². The first kappa shape index (κ1) is 23.0. The second-order valence-corrected chi connectivity index (χ2v) is 7.21. The number of nitro groups is 1. The third-order valence-corrected chi connectivity index (χ3v) is 5.26. The van der Waals surface area contributed by atoms with E-state index in [1.165, 1.54) is 12.1 Å². The zero-order valence-corrected chi connectivity index (χ0v) is 17.8. The molecular formula is C21H21ClN2O6. The summed E-state index contributed by atoms with van der Waals surface area (Å²) < 4.78 is 4.96. The molecule has 30 heavy (non-hydrogen) atoms. The van der Waals surface area contributed by atoms with E-state index in [0.717, 1.165) is 28.3 Å². The van der Waals surface area contributed by atoms with Crippen LogP contribution in [0.4, 0.5) is 5.69 Å². The number of benzene rings is 2. The zero-order chi connectivity index (χ0) is 22.6. The summed E-state index contributed by atoms with van der Waals surface area (Å²) >= 11 is 5.70. The van der Waals surface area contributed by atoms with Crippen molar-refractivity contribution in [2.24, 2.45) is 0 Å². The Kier molecular flexibility index (Phi) is 7.28. The molecule has 0 heterocycles. The van der Waals surface area contributed by atoms with Crippen LogP contribution in [0.15, 0.2) is 24.3 Å². The van der Waals surface area contributed by atoms with Gasteiger partial charge in [-0.15, -0.1) is 0 Å². The van der Waals surface area contributed by atoms with Gasteiger partial charge in [-0.05, 0) is 68.1 Å². The van der Waals surface area contributed by atoms with E-state index in [9.17, 15) is 24.5 Å². The summed E-state index contributed by atoms with van der Waals surface area (Å²) in [5.74, 6) is -1.86. The second-order valence-electron chi connectivity index (χ2n) is 6.81. The SMILES string of the molecule is Cc1cc(C(=O)COC(=O)CNC(=O)c2ccc(Cl)c([N+](=O)[O-])c2)c(C)c(C)c1C. The lowest BCUT2D eigenvalue weighted by Gasteiger charge is -2.13. The van der Waals surface area contributed by atoms with Gasteiger partial charge in [0.15, 0.2) is 6.61 Å². The summed E-state index contributed by atoms with van der Waals surface area (Å²) in [7, 11) is 0. The third-order valence-electron chi connectivity index (χ3n) is 4.94. The number of carbonyl (C=O) groups is 3. The Labute approximate surface area is 178 Å². The number of nitrogens with zero attached hydrogens (tertiary/aromatic N) is 1. The van der Waals surface area contributed by atoms with Crippen LogP contribution in [0.25, 0.3) is 0 Å². The van der Waals surface area contributed by atoms with Crippen LogP contribution in [0.3, 0.4) is 0 Å². The van der Waals surface area contributed by atoms with Crippen LogP contribution >= 0.6 is 11.6 Å². The highest BCUT2D eigenvalue weighted by Gasteiger charge is 2.18. The number of carbonyl (C=O) groups excluding carboxylic acids is 3. The monoisotopic (exact) mass is 432 g/mol. The highest BCUT2D eigenvalue weighted by atomic mass is 35.5. The molecule has 2 aromatic carbocycles. The first-order valence-corrected chi connectivity index (χ1v) is 9.39. The number of ketones is 1. The van der Waals surface area contributed by atoms with E-state index in [-0.39, 0.29) is 16.4 Å². The molecular weight excluding hydrogens is 412 g/mol. The average Bonchev–Trinajstić information content (AvgIpc) is 2.71. The summed E-state index contributed by atoms with van der Waals surface area (Å²) in [6.45, 7) is 6.70. The minimum absolute atomic E-state index is 0.0313. The number of amides is 1. The number of rotatable bonds is 7. The number of hydrogen-bond acceptors (Lipinski definition) is 6. The van der Waals surface area contributed by atoms with Gasteiger partial charge in [0, 0.05) is 17.2 Å². The van der Waals surface area contributed by atoms with Gasteiger partial charge in [-0.25, -0.2) is 0 Å². The molecule has 0 aliphatic heterocycles. The molecule has 0 atom stereocenters. The van der Waals surface area contributed by atoms with Crippen molar-refractivity contribution in [2.45, 2.75) is 27.7 Å². The van der Waals surface area contributed by atoms with Crippen molar-refractivity contribution in [3.63, 3.8) is 0 Å². The molecule has 158 valence electrons. The van der Waals surface area contributed by atoms with E-state index < -0.39 is 35.6 Å². The van der Waals surface area contributed by atoms with Crippen molar-refractivity contribution >= 4 is 34.9 Å². The zero-order valence-electron chi connectivity index (χ0n) is 17.0. The minimum Gasteiger partial charge on any atom is -0.456 e. The van der Waals surface area contributed by atoms with Gasteiger partial charge in [0.2, 0.25) is 5.78 Å². The van der Waals surface area contributed by atoms with Crippen molar-refractivity contribution in [1.82, 2.24) is 5.32 Å². The highest BCUT2D eigenvalue weighted by molar-refractivity contribution is 6.32. The normalized spacial score (nSPS) is 10.4. The van der Waals surface area contributed by atoms with Gasteiger partial charge in [-0.1, -0.05) is 11.6 Å². The molecule has 8 nitrogen and oxygen atoms in total. The standard InChI is InChI=1S/C21H21ClN2O6/c1-11-7-16(14(4)13(3)12(11)2)19(25)10-30-20(26)9-23-21(27)15-5-6-17(22)18(8-15)24(28)29/h5-8H,9-10H2,1-4H3,(H,23,27). The van der Waals surface area contributed by atoms with E-state index in [0.29, 0.717) is 5.56 Å². The van der Waals surface area contributed by atoms with Crippen LogP contribution in [-0.2, 0) is 9.53 Å². The number of halogens is 1. The fraction of sp³-hybridized carbons (Fsp3) is 0.286. The predicted octanol–water partition coefficient (Wildman–Crippen LogP) is 3.64. The van der Waals surface area contributed by atoms with Crippen molar-refractivity contribution < 1.29 is 24.0 Å². The van der Waals surface area contributed by atoms with E-state index in [4.69, 9.17) is 16.3 Å². The Morgan fingerprint density at radius 1 is 1.07 bits per heavy atom. The van der Waals surface area contributed by atoms with Crippen LogP contribution in [0, 0.1) is 37.8 Å². The number of ether oxygens (including phenoxy) is 1. The average molecular weight is 433 g/mol. The van der Waals surface area contributed by atoms with Gasteiger partial charge in [0.25, 0.3) is 11.6 Å². The maximum atomic E-state index is 12.4. The number of aryl methyl sites for hydroxylation is 1. The van der Waals surface area contributed by atoms with Gasteiger partial charge in [-0.2, -0.15) is 0 Å². The van der Waals surface area contributed by atoms with E-state index in [1.54, 1.807) is 6.07 Å². The number of nitrogens with one attached hydrogen (secondary N) is 1. The Morgan fingerprint density at radius 3 is 2.37 bits per heavy atom. The maximum Gasteiger partial charge on any atom is 0.325 e. The second kappa shape index (κ2) is 9.49. The van der Waals surface area contributed by atoms with Crippen molar-refractivity contribution in [1.29, 1.82) is 0 Å². The molecule has 0 radical (unpaired) electrons. The lowest BCUT2D eigenvalue weighted by atomic mass is 9.93. The van der Waals surface area contributed by atoms with Gasteiger partial charge in [0.1, 0.15) is 11.6 Å². The van der Waals surface area contributed by atoms with Gasteiger partial charge in [-0.3, -0.25) is 24.5 Å². The molecule has 0 spiro atoms. The van der Waals surface area contributed by atoms with Crippen molar-refractivity contribution in [3.8, 4) is 0 Å². The van der Waals surface area contributed by atoms with Gasteiger partial charge in [0.05, 0.1) is 4.92 Å². The molecule has 9 heteroatoms.